The standard InChI is InChI=1S/C22H25N5S/c28-22-26(17-24-13-15-25(16-14-24)19-7-3-1-4-8-19)23-21(18-11-12-18)27(22)20-9-5-2-6-10-20/h1-10,18H,11-17H2/p+1. The molecule has 144 valence electrons. The van der Waals surface area contributed by atoms with Crippen LogP contribution in [0.1, 0.15) is 24.6 Å². The predicted octanol–water partition coefficient (Wildman–Crippen LogP) is 2.64. The zero-order chi connectivity index (χ0) is 18.9. The molecule has 2 aliphatic rings. The average Bonchev–Trinajstić information content (AvgIpc) is 3.55. The van der Waals surface area contributed by atoms with Crippen molar-refractivity contribution in [2.45, 2.75) is 25.4 Å². The lowest BCUT2D eigenvalue weighted by Crippen LogP contribution is -3.14. The van der Waals surface area contributed by atoms with Crippen molar-refractivity contribution < 1.29 is 4.90 Å². The summed E-state index contributed by atoms with van der Waals surface area (Å²) in [4.78, 5) is 4.02. The first kappa shape index (κ1) is 17.6. The first-order valence-electron chi connectivity index (χ1n) is 10.2. The first-order chi connectivity index (χ1) is 13.8. The molecule has 0 atom stereocenters. The van der Waals surface area contributed by atoms with E-state index < -0.39 is 0 Å². The maximum absolute atomic E-state index is 5.85. The molecule has 1 aromatic heterocycles. The van der Waals surface area contributed by atoms with Crippen molar-refractivity contribution in [3.05, 3.63) is 71.3 Å². The van der Waals surface area contributed by atoms with Crippen molar-refractivity contribution in [1.29, 1.82) is 0 Å². The second kappa shape index (κ2) is 7.53. The van der Waals surface area contributed by atoms with Crippen molar-refractivity contribution in [1.82, 2.24) is 14.3 Å². The van der Waals surface area contributed by atoms with Crippen LogP contribution in [0.4, 0.5) is 5.69 Å². The molecular weight excluding hydrogens is 366 g/mol. The quantitative estimate of drug-likeness (QED) is 0.677. The van der Waals surface area contributed by atoms with Gasteiger partial charge in [-0.2, -0.15) is 9.78 Å². The molecule has 28 heavy (non-hydrogen) atoms. The minimum absolute atomic E-state index is 0.563. The topological polar surface area (TPSA) is 30.4 Å². The number of piperazine rings is 1. The molecule has 1 N–H and O–H groups in total. The molecule has 5 rings (SSSR count). The van der Waals surface area contributed by atoms with Crippen molar-refractivity contribution in [2.24, 2.45) is 0 Å². The average molecular weight is 393 g/mol. The SMILES string of the molecule is S=c1n(C[NH+]2CCN(c3ccccc3)CC2)nc(C2CC2)n1-c1ccccc1. The number of quaternary nitrogens is 1. The van der Waals surface area contributed by atoms with Gasteiger partial charge in [-0.3, -0.25) is 4.57 Å². The van der Waals surface area contributed by atoms with Gasteiger partial charge in [0.2, 0.25) is 4.77 Å². The first-order valence-corrected chi connectivity index (χ1v) is 10.6. The van der Waals surface area contributed by atoms with Gasteiger partial charge in [0, 0.05) is 17.3 Å². The van der Waals surface area contributed by atoms with Crippen molar-refractivity contribution >= 4 is 17.9 Å². The monoisotopic (exact) mass is 392 g/mol. The van der Waals surface area contributed by atoms with Gasteiger partial charge < -0.3 is 9.80 Å². The fourth-order valence-electron chi connectivity index (χ4n) is 4.04. The zero-order valence-electron chi connectivity index (χ0n) is 16.0. The maximum Gasteiger partial charge on any atom is 0.207 e. The number of rotatable bonds is 5. The van der Waals surface area contributed by atoms with Gasteiger partial charge in [0.05, 0.1) is 26.2 Å². The minimum Gasteiger partial charge on any atom is -0.360 e. The Bertz CT molecular complexity index is 983. The summed E-state index contributed by atoms with van der Waals surface area (Å²) in [6, 6.07) is 21.1. The van der Waals surface area contributed by atoms with Crippen molar-refractivity contribution in [3.63, 3.8) is 0 Å². The van der Waals surface area contributed by atoms with E-state index in [2.05, 4.69) is 68.7 Å². The van der Waals surface area contributed by atoms with Crippen LogP contribution in [0.15, 0.2) is 60.7 Å². The van der Waals surface area contributed by atoms with Crippen LogP contribution in [0.5, 0.6) is 0 Å². The molecule has 0 unspecified atom stereocenters. The highest BCUT2D eigenvalue weighted by Crippen LogP contribution is 2.40. The lowest BCUT2D eigenvalue weighted by atomic mass is 10.2. The molecule has 1 aliphatic carbocycles. The second-order valence-corrected chi connectivity index (χ2v) is 8.18. The number of nitrogens with zero attached hydrogens (tertiary/aromatic N) is 4. The van der Waals surface area contributed by atoms with Gasteiger partial charge in [0.1, 0.15) is 5.82 Å². The molecule has 3 aromatic rings. The number of hydrogen-bond acceptors (Lipinski definition) is 3. The molecule has 1 saturated heterocycles. The van der Waals surface area contributed by atoms with Crippen molar-refractivity contribution in [3.8, 4) is 5.69 Å². The lowest BCUT2D eigenvalue weighted by molar-refractivity contribution is -0.924. The fourth-order valence-corrected chi connectivity index (χ4v) is 4.35. The summed E-state index contributed by atoms with van der Waals surface area (Å²) < 4.78 is 5.07. The van der Waals surface area contributed by atoms with Gasteiger partial charge in [0.25, 0.3) is 0 Å². The van der Waals surface area contributed by atoms with E-state index in [1.165, 1.54) is 18.5 Å². The van der Waals surface area contributed by atoms with Crippen molar-refractivity contribution in [2.75, 3.05) is 31.1 Å². The highest BCUT2D eigenvalue weighted by Gasteiger charge is 2.31. The van der Waals surface area contributed by atoms with E-state index in [4.69, 9.17) is 17.3 Å². The number of benzene rings is 2. The normalized spacial score (nSPS) is 17.8. The Hall–Kier alpha value is -2.44. The summed E-state index contributed by atoms with van der Waals surface area (Å²) in [5, 5.41) is 4.96. The van der Waals surface area contributed by atoms with Crippen LogP contribution in [0, 0.1) is 4.77 Å². The van der Waals surface area contributed by atoms with Crippen LogP contribution in [0.25, 0.3) is 5.69 Å². The summed E-state index contributed by atoms with van der Waals surface area (Å²) in [5.74, 6) is 1.70. The third-order valence-corrected chi connectivity index (χ3v) is 6.18. The molecule has 2 fully saturated rings. The molecule has 0 bridgehead atoms. The molecule has 0 radical (unpaired) electrons. The Labute approximate surface area is 170 Å². The smallest absolute Gasteiger partial charge is 0.207 e. The highest BCUT2D eigenvalue weighted by atomic mass is 32.1. The largest absolute Gasteiger partial charge is 0.360 e. The number of hydrogen-bond donors (Lipinski definition) is 1. The Morgan fingerprint density at radius 3 is 2.11 bits per heavy atom. The summed E-state index contributed by atoms with van der Waals surface area (Å²) >= 11 is 5.85. The summed E-state index contributed by atoms with van der Waals surface area (Å²) in [6.45, 7) is 5.20. The molecular formula is C22H26N5S+. The van der Waals surface area contributed by atoms with E-state index in [9.17, 15) is 0 Å². The molecule has 6 heteroatoms. The number of para-hydroxylation sites is 2. The number of aromatic nitrogens is 3. The van der Waals surface area contributed by atoms with E-state index in [-0.39, 0.29) is 0 Å². The molecule has 1 aliphatic heterocycles. The second-order valence-electron chi connectivity index (χ2n) is 7.82. The van der Waals surface area contributed by atoms with Crippen LogP contribution < -0.4 is 9.80 Å². The number of anilines is 1. The molecule has 1 saturated carbocycles. The Kier molecular flexibility index (Phi) is 4.74. The van der Waals surface area contributed by atoms with Crippen LogP contribution in [-0.4, -0.2) is 40.5 Å². The molecule has 2 heterocycles. The van der Waals surface area contributed by atoms with E-state index >= 15 is 0 Å². The van der Waals surface area contributed by atoms with Crippen LogP contribution in [-0.2, 0) is 6.67 Å². The van der Waals surface area contributed by atoms with E-state index in [0.29, 0.717) is 5.92 Å². The van der Waals surface area contributed by atoms with Gasteiger partial charge in [-0.15, -0.1) is 0 Å². The fraction of sp³-hybridized carbons (Fsp3) is 0.364. The zero-order valence-corrected chi connectivity index (χ0v) is 16.8. The van der Waals surface area contributed by atoms with Gasteiger partial charge in [-0.25, -0.2) is 0 Å². The Balaban J connectivity index is 1.33. The maximum atomic E-state index is 5.85. The molecule has 0 amide bonds. The van der Waals surface area contributed by atoms with Gasteiger partial charge in [0.15, 0.2) is 6.67 Å². The van der Waals surface area contributed by atoms with Gasteiger partial charge in [-0.05, 0) is 49.3 Å². The van der Waals surface area contributed by atoms with Crippen LogP contribution in [0.2, 0.25) is 0 Å². The predicted molar refractivity (Wildman–Crippen MR) is 114 cm³/mol. The van der Waals surface area contributed by atoms with Gasteiger partial charge in [-0.1, -0.05) is 36.4 Å². The Morgan fingerprint density at radius 2 is 1.50 bits per heavy atom. The van der Waals surface area contributed by atoms with Gasteiger partial charge >= 0.3 is 0 Å². The van der Waals surface area contributed by atoms with E-state index in [1.807, 2.05) is 6.07 Å². The third kappa shape index (κ3) is 3.50. The van der Waals surface area contributed by atoms with Crippen LogP contribution in [0.3, 0.4) is 0 Å². The lowest BCUT2D eigenvalue weighted by Gasteiger charge is -2.33. The summed E-state index contributed by atoms with van der Waals surface area (Å²) in [5.41, 5.74) is 2.45. The summed E-state index contributed by atoms with van der Waals surface area (Å²) in [7, 11) is 0. The summed E-state index contributed by atoms with van der Waals surface area (Å²) in [6.07, 6.45) is 2.45. The van der Waals surface area contributed by atoms with E-state index in [0.717, 1.165) is 49.1 Å². The number of nitrogens with one attached hydrogen (secondary N) is 1. The van der Waals surface area contributed by atoms with E-state index in [1.54, 1.807) is 4.90 Å². The highest BCUT2D eigenvalue weighted by molar-refractivity contribution is 7.71. The molecule has 0 spiro atoms. The molecule has 2 aromatic carbocycles. The Morgan fingerprint density at radius 1 is 0.893 bits per heavy atom. The third-order valence-electron chi connectivity index (χ3n) is 5.79. The molecule has 5 nitrogen and oxygen atoms in total. The van der Waals surface area contributed by atoms with Crippen LogP contribution >= 0.6 is 12.2 Å². The minimum atomic E-state index is 0.563.